The van der Waals surface area contributed by atoms with E-state index in [0.29, 0.717) is 23.7 Å². The third-order valence-electron chi connectivity index (χ3n) is 8.30. The van der Waals surface area contributed by atoms with Crippen molar-refractivity contribution in [3.8, 4) is 6.07 Å². The van der Waals surface area contributed by atoms with E-state index < -0.39 is 23.5 Å². The summed E-state index contributed by atoms with van der Waals surface area (Å²) in [5.41, 5.74) is 0.746. The minimum absolute atomic E-state index is 0.0438. The molecule has 0 aromatic heterocycles. The van der Waals surface area contributed by atoms with E-state index in [4.69, 9.17) is 0 Å². The molecule has 0 radical (unpaired) electrons. The van der Waals surface area contributed by atoms with Gasteiger partial charge in [0.25, 0.3) is 6.07 Å². The topological polar surface area (TPSA) is 141 Å². The Morgan fingerprint density at radius 2 is 1.90 bits per heavy atom. The first kappa shape index (κ1) is 30.2. The summed E-state index contributed by atoms with van der Waals surface area (Å²) in [6.45, 7) is 8.18. The van der Waals surface area contributed by atoms with Gasteiger partial charge in [-0.1, -0.05) is 32.9 Å². The molecule has 0 bridgehead atoms. The molecule has 4 N–H and O–H groups in total. The van der Waals surface area contributed by atoms with Crippen molar-refractivity contribution in [1.29, 1.82) is 0 Å². The van der Waals surface area contributed by atoms with Crippen LogP contribution in [0.15, 0.2) is 24.3 Å². The van der Waals surface area contributed by atoms with E-state index in [1.807, 2.05) is 25.7 Å². The summed E-state index contributed by atoms with van der Waals surface area (Å²) in [5, 5.41) is 11.2. The summed E-state index contributed by atoms with van der Waals surface area (Å²) in [6, 6.07) is 8.28. The Bertz CT molecular complexity index is 1270. The molecule has 1 aliphatic carbocycles. The van der Waals surface area contributed by atoms with E-state index in [2.05, 4.69) is 32.2 Å². The lowest BCUT2D eigenvalue weighted by atomic mass is 9.85. The van der Waals surface area contributed by atoms with Crippen molar-refractivity contribution in [1.82, 2.24) is 20.9 Å². The Labute approximate surface area is 241 Å². The van der Waals surface area contributed by atoms with Crippen LogP contribution < -0.4 is 21.3 Å². The summed E-state index contributed by atoms with van der Waals surface area (Å²) in [6.07, 6.45) is 2.81. The van der Waals surface area contributed by atoms with Gasteiger partial charge in [0, 0.05) is 17.1 Å². The van der Waals surface area contributed by atoms with Gasteiger partial charge in [-0.3, -0.25) is 19.2 Å². The molecule has 11 nitrogen and oxygen atoms in total. The molecule has 41 heavy (non-hydrogen) atoms. The largest absolute Gasteiger partial charge is 0.519 e. The zero-order valence-corrected chi connectivity index (χ0v) is 24.5. The van der Waals surface area contributed by atoms with Crippen LogP contribution in [0.25, 0.3) is 4.85 Å². The molecule has 2 unspecified atom stereocenters. The first-order valence-electron chi connectivity index (χ1n) is 14.3. The minimum atomic E-state index is -0.683. The Morgan fingerprint density at radius 1 is 1.17 bits per heavy atom. The van der Waals surface area contributed by atoms with Gasteiger partial charge in [-0.25, -0.2) is 4.79 Å². The normalized spacial score (nSPS) is 24.6. The van der Waals surface area contributed by atoms with Gasteiger partial charge >= 0.3 is 5.91 Å². The summed E-state index contributed by atoms with van der Waals surface area (Å²) >= 11 is 0. The van der Waals surface area contributed by atoms with Crippen molar-refractivity contribution in [2.75, 3.05) is 18.9 Å². The van der Waals surface area contributed by atoms with E-state index in [1.54, 1.807) is 38.2 Å². The zero-order valence-electron chi connectivity index (χ0n) is 24.5. The molecule has 11 heteroatoms. The van der Waals surface area contributed by atoms with Crippen LogP contribution in [0, 0.1) is 23.3 Å². The van der Waals surface area contributed by atoms with Gasteiger partial charge in [0.15, 0.2) is 0 Å². The van der Waals surface area contributed by atoms with Gasteiger partial charge in [-0.05, 0) is 62.3 Å². The van der Waals surface area contributed by atoms with Gasteiger partial charge < -0.3 is 26.2 Å². The number of rotatable bonds is 8. The number of carbonyl (C=O) groups is 5. The molecule has 2 heterocycles. The number of nitrogens with zero attached hydrogens (tertiary/aromatic N) is 2. The van der Waals surface area contributed by atoms with Crippen LogP contribution in [0.3, 0.4) is 0 Å². The van der Waals surface area contributed by atoms with Crippen molar-refractivity contribution in [2.45, 2.75) is 84.0 Å². The fourth-order valence-electron chi connectivity index (χ4n) is 5.79. The van der Waals surface area contributed by atoms with Crippen molar-refractivity contribution in [2.24, 2.45) is 17.3 Å². The van der Waals surface area contributed by atoms with Crippen LogP contribution in [-0.4, -0.2) is 72.2 Å². The number of likely N-dealkylation sites (tertiary alicyclic amines) is 1. The molecule has 2 aliphatic heterocycles. The zero-order chi connectivity index (χ0) is 29.9. The number of carbonyl (C=O) groups excluding carboxylic acids is 5. The van der Waals surface area contributed by atoms with Crippen LogP contribution in [0.4, 0.5) is 5.69 Å². The second-order valence-corrected chi connectivity index (χ2v) is 12.4. The highest BCUT2D eigenvalue weighted by Gasteiger charge is 2.50. The maximum Gasteiger partial charge on any atom is 0.519 e. The van der Waals surface area contributed by atoms with Gasteiger partial charge in [0.05, 0.1) is 18.5 Å². The lowest BCUT2D eigenvalue weighted by Crippen LogP contribution is -2.58. The minimum Gasteiger partial charge on any atom is -0.344 e. The first-order valence-corrected chi connectivity index (χ1v) is 14.3. The smallest absolute Gasteiger partial charge is 0.344 e. The van der Waals surface area contributed by atoms with Crippen LogP contribution in [0.2, 0.25) is 0 Å². The van der Waals surface area contributed by atoms with Gasteiger partial charge in [-0.15, -0.1) is 0 Å². The molecule has 220 valence electrons. The molecular formula is C30H41N6O5+. The SMILES string of the molecule is CN[C@@H](C)C(=O)N[C@H](C(=O)N1CC[C@H]2CCC(C#[N+]C(=O)Cc3cccc(NC(=O)C4CC(=O)N4)c3)[C@H]21)C(C)(C)C. The number of fused-ring (bicyclic) bond motifs is 1. The number of amides is 5. The van der Waals surface area contributed by atoms with E-state index in [-0.39, 0.29) is 54.3 Å². The molecular weight excluding hydrogens is 524 g/mol. The molecule has 6 atom stereocenters. The van der Waals surface area contributed by atoms with E-state index in [0.717, 1.165) is 19.3 Å². The molecule has 5 amide bonds. The van der Waals surface area contributed by atoms with E-state index in [9.17, 15) is 24.0 Å². The number of hydrogen-bond acceptors (Lipinski definition) is 6. The predicted octanol–water partition coefficient (Wildman–Crippen LogP) is 1.68. The molecule has 3 aliphatic rings. The van der Waals surface area contributed by atoms with Crippen LogP contribution in [0.5, 0.6) is 0 Å². The molecule has 2 saturated heterocycles. The number of anilines is 1. The molecule has 3 fully saturated rings. The Morgan fingerprint density at radius 3 is 2.56 bits per heavy atom. The molecule has 4 rings (SSSR count). The fourth-order valence-corrected chi connectivity index (χ4v) is 5.79. The van der Waals surface area contributed by atoms with E-state index in [1.165, 1.54) is 0 Å². The number of benzene rings is 1. The van der Waals surface area contributed by atoms with Crippen LogP contribution >= 0.6 is 0 Å². The average Bonchev–Trinajstić information content (AvgIpc) is 3.49. The number of hydrogen-bond donors (Lipinski definition) is 4. The van der Waals surface area contributed by atoms with E-state index >= 15 is 0 Å². The van der Waals surface area contributed by atoms with Gasteiger partial charge in [0.2, 0.25) is 23.6 Å². The fraction of sp³-hybridized carbons (Fsp3) is 0.600. The monoisotopic (exact) mass is 565 g/mol. The highest BCUT2D eigenvalue weighted by Crippen LogP contribution is 2.42. The highest BCUT2D eigenvalue weighted by molar-refractivity contribution is 6.03. The third-order valence-corrected chi connectivity index (χ3v) is 8.30. The predicted molar refractivity (Wildman–Crippen MR) is 154 cm³/mol. The standard InChI is InChI=1S/C30H40N6O5/c1-17(31-5)27(39)35-26(30(2,3)4)29(41)36-12-11-19-9-10-20(25(19)36)16-32-23(37)14-18-7-6-8-21(13-18)33-28(40)22-15-24(38)34-22/h6-8,13,17,19-20,22,25-26,31H,9-12,14-15H2,1-5H3,(H2-,33,34,35,38,39,40)/p+1/t17-,19+,20?,22?,25-,26+/m0/s1. The van der Waals surface area contributed by atoms with Crippen molar-refractivity contribution < 1.29 is 24.0 Å². The molecule has 1 aromatic rings. The number of nitrogens with one attached hydrogen (secondary N) is 4. The quantitative estimate of drug-likeness (QED) is 0.354. The molecule has 1 aromatic carbocycles. The Hall–Kier alpha value is -3.78. The first-order chi connectivity index (χ1) is 19.4. The van der Waals surface area contributed by atoms with Crippen molar-refractivity contribution >= 4 is 35.2 Å². The molecule has 0 spiro atoms. The van der Waals surface area contributed by atoms with Crippen molar-refractivity contribution in [3.63, 3.8) is 0 Å². The lowest BCUT2D eigenvalue weighted by Gasteiger charge is -2.36. The van der Waals surface area contributed by atoms with Crippen LogP contribution in [0.1, 0.15) is 58.9 Å². The second-order valence-electron chi connectivity index (χ2n) is 12.4. The Balaban J connectivity index is 1.40. The summed E-state index contributed by atoms with van der Waals surface area (Å²) in [5.74, 6) is -0.993. The highest BCUT2D eigenvalue weighted by atomic mass is 16.2. The maximum atomic E-state index is 13.8. The lowest BCUT2D eigenvalue weighted by molar-refractivity contribution is -0.141. The summed E-state index contributed by atoms with van der Waals surface area (Å²) < 4.78 is 0. The summed E-state index contributed by atoms with van der Waals surface area (Å²) in [4.78, 5) is 68.5. The summed E-state index contributed by atoms with van der Waals surface area (Å²) in [7, 11) is 1.70. The number of β-lactam (4-membered cyclic amide) rings is 1. The average molecular weight is 566 g/mol. The number of likely N-dealkylation sites (N-methyl/N-ethyl adjacent to an activating group) is 1. The van der Waals surface area contributed by atoms with Gasteiger partial charge in [-0.2, -0.15) is 0 Å². The Kier molecular flexibility index (Phi) is 9.12. The van der Waals surface area contributed by atoms with Crippen LogP contribution in [-0.2, 0) is 30.4 Å². The van der Waals surface area contributed by atoms with Crippen molar-refractivity contribution in [3.05, 3.63) is 34.7 Å². The molecule has 1 saturated carbocycles. The maximum absolute atomic E-state index is 13.8. The second kappa shape index (κ2) is 12.4. The third kappa shape index (κ3) is 7.11. The van der Waals surface area contributed by atoms with Gasteiger partial charge in [0.1, 0.15) is 24.4 Å².